The number of para-hydroxylation sites is 3. The summed E-state index contributed by atoms with van der Waals surface area (Å²) in [5, 5.41) is 21.2. The second-order valence-corrected chi connectivity index (χ2v) is 6.14. The quantitative estimate of drug-likeness (QED) is 0.277. The largest absolute Gasteiger partial charge is 0.507 e. The number of oxazole rings is 1. The lowest BCUT2D eigenvalue weighted by molar-refractivity contribution is -0.385. The summed E-state index contributed by atoms with van der Waals surface area (Å²) in [6.45, 7) is 0. The van der Waals surface area contributed by atoms with E-state index in [1.807, 2.05) is 18.2 Å². The molecule has 4 rings (SSSR count). The highest BCUT2D eigenvalue weighted by Gasteiger charge is 2.13. The lowest BCUT2D eigenvalue weighted by Gasteiger charge is -2.01. The molecular formula is C22H15N3O4. The van der Waals surface area contributed by atoms with Crippen LogP contribution in [0.15, 0.2) is 82.2 Å². The van der Waals surface area contributed by atoms with Crippen LogP contribution in [0.5, 0.6) is 5.75 Å². The van der Waals surface area contributed by atoms with Crippen LogP contribution in [0.4, 0.5) is 11.4 Å². The Morgan fingerprint density at radius 3 is 2.69 bits per heavy atom. The fourth-order valence-corrected chi connectivity index (χ4v) is 2.83. The first kappa shape index (κ1) is 18.1. The highest BCUT2D eigenvalue weighted by Crippen LogP contribution is 2.33. The standard InChI is InChI=1S/C22H15N3O4/c26-20-12-11-16(14-17(20)22-24-18-8-2-4-10-21(18)29-22)23-13-5-7-15-6-1-3-9-19(15)25(27)28/h1-14,26H. The van der Waals surface area contributed by atoms with E-state index in [1.165, 1.54) is 18.3 Å². The molecule has 1 N–H and O–H groups in total. The molecule has 3 aromatic carbocycles. The number of aromatic hydroxyl groups is 1. The van der Waals surface area contributed by atoms with Gasteiger partial charge in [-0.15, -0.1) is 0 Å². The van der Waals surface area contributed by atoms with Crippen LogP contribution in [0.1, 0.15) is 5.56 Å². The zero-order valence-electron chi connectivity index (χ0n) is 15.1. The zero-order valence-corrected chi connectivity index (χ0v) is 15.1. The molecule has 0 saturated carbocycles. The summed E-state index contributed by atoms with van der Waals surface area (Å²) < 4.78 is 5.71. The summed E-state index contributed by atoms with van der Waals surface area (Å²) in [7, 11) is 0. The fourth-order valence-electron chi connectivity index (χ4n) is 2.83. The number of nitro benzene ring substituents is 1. The maximum absolute atomic E-state index is 11.0. The molecule has 0 amide bonds. The van der Waals surface area contributed by atoms with Gasteiger partial charge in [0.15, 0.2) is 5.58 Å². The Kier molecular flexibility index (Phi) is 4.86. The number of phenolic OH excluding ortho intramolecular Hbond substituents is 1. The number of phenols is 1. The van der Waals surface area contributed by atoms with Gasteiger partial charge in [0.2, 0.25) is 5.89 Å². The summed E-state index contributed by atoms with van der Waals surface area (Å²) in [5.41, 5.74) is 2.85. The van der Waals surface area contributed by atoms with E-state index in [0.29, 0.717) is 33.8 Å². The monoisotopic (exact) mass is 385 g/mol. The molecule has 142 valence electrons. The fraction of sp³-hybridized carbons (Fsp3) is 0. The molecule has 29 heavy (non-hydrogen) atoms. The molecule has 0 radical (unpaired) electrons. The molecular weight excluding hydrogens is 370 g/mol. The van der Waals surface area contributed by atoms with Crippen LogP contribution in [0.25, 0.3) is 28.6 Å². The van der Waals surface area contributed by atoms with Gasteiger partial charge in [0.05, 0.1) is 21.7 Å². The van der Waals surface area contributed by atoms with Gasteiger partial charge in [-0.05, 0) is 48.6 Å². The molecule has 0 bridgehead atoms. The van der Waals surface area contributed by atoms with Crippen LogP contribution in [0, 0.1) is 10.1 Å². The van der Waals surface area contributed by atoms with Gasteiger partial charge in [0, 0.05) is 12.3 Å². The Labute approximate surface area is 165 Å². The molecule has 7 heteroatoms. The third-order valence-electron chi connectivity index (χ3n) is 4.22. The maximum atomic E-state index is 11.0. The van der Waals surface area contributed by atoms with E-state index in [2.05, 4.69) is 9.98 Å². The molecule has 0 aliphatic carbocycles. The first-order valence-corrected chi connectivity index (χ1v) is 8.75. The molecule has 0 aliphatic rings. The van der Waals surface area contributed by atoms with Crippen LogP contribution >= 0.6 is 0 Å². The molecule has 0 aliphatic heterocycles. The number of hydrogen-bond acceptors (Lipinski definition) is 6. The first-order valence-electron chi connectivity index (χ1n) is 8.75. The molecule has 1 aromatic heterocycles. The molecule has 0 fully saturated rings. The second kappa shape index (κ2) is 7.77. The number of benzene rings is 3. The Bertz CT molecular complexity index is 1220. The average molecular weight is 385 g/mol. The molecule has 1 heterocycles. The SMILES string of the molecule is O=[N+]([O-])c1ccccc1C=CC=Nc1ccc(O)c(-c2nc3ccccc3o2)c1. The summed E-state index contributed by atoms with van der Waals surface area (Å²) >= 11 is 0. The third kappa shape index (κ3) is 3.89. The van der Waals surface area contributed by atoms with E-state index in [1.54, 1.807) is 48.6 Å². The summed E-state index contributed by atoms with van der Waals surface area (Å²) in [6.07, 6.45) is 4.76. The molecule has 0 saturated heterocycles. The Morgan fingerprint density at radius 2 is 1.86 bits per heavy atom. The number of nitro groups is 1. The number of allylic oxidation sites excluding steroid dienone is 1. The third-order valence-corrected chi connectivity index (χ3v) is 4.22. The number of nitrogens with zero attached hydrogens (tertiary/aromatic N) is 3. The minimum absolute atomic E-state index is 0.0278. The van der Waals surface area contributed by atoms with Gasteiger partial charge >= 0.3 is 0 Å². The Morgan fingerprint density at radius 1 is 1.07 bits per heavy atom. The van der Waals surface area contributed by atoms with Crippen molar-refractivity contribution in [2.24, 2.45) is 4.99 Å². The van der Waals surface area contributed by atoms with Crippen molar-refractivity contribution in [1.82, 2.24) is 4.98 Å². The number of aromatic nitrogens is 1. The van der Waals surface area contributed by atoms with Crippen LogP contribution in [0.2, 0.25) is 0 Å². The van der Waals surface area contributed by atoms with Crippen molar-refractivity contribution in [3.8, 4) is 17.2 Å². The van der Waals surface area contributed by atoms with Gasteiger partial charge in [-0.1, -0.05) is 24.3 Å². The second-order valence-electron chi connectivity index (χ2n) is 6.14. The van der Waals surface area contributed by atoms with Crippen LogP contribution in [-0.2, 0) is 0 Å². The van der Waals surface area contributed by atoms with Crippen molar-refractivity contribution in [3.05, 3.63) is 88.5 Å². The van der Waals surface area contributed by atoms with E-state index in [0.717, 1.165) is 0 Å². The number of fused-ring (bicyclic) bond motifs is 1. The lowest BCUT2D eigenvalue weighted by Crippen LogP contribution is -1.90. The van der Waals surface area contributed by atoms with Crippen molar-refractivity contribution in [1.29, 1.82) is 0 Å². The Balaban J connectivity index is 1.59. The van der Waals surface area contributed by atoms with E-state index in [9.17, 15) is 15.2 Å². The average Bonchev–Trinajstić information content (AvgIpc) is 3.16. The van der Waals surface area contributed by atoms with Crippen LogP contribution in [0.3, 0.4) is 0 Å². The van der Waals surface area contributed by atoms with Gasteiger partial charge in [0.1, 0.15) is 11.3 Å². The first-order chi connectivity index (χ1) is 14.1. The van der Waals surface area contributed by atoms with E-state index >= 15 is 0 Å². The van der Waals surface area contributed by atoms with Crippen LogP contribution < -0.4 is 0 Å². The van der Waals surface area contributed by atoms with Crippen LogP contribution in [-0.4, -0.2) is 21.2 Å². The van der Waals surface area contributed by atoms with E-state index in [4.69, 9.17) is 4.42 Å². The van der Waals surface area contributed by atoms with Gasteiger partial charge in [0.25, 0.3) is 5.69 Å². The summed E-state index contributed by atoms with van der Waals surface area (Å²) in [5.74, 6) is 0.335. The Hall–Kier alpha value is -4.26. The van der Waals surface area contributed by atoms with Crippen molar-refractivity contribution in [2.45, 2.75) is 0 Å². The lowest BCUT2D eigenvalue weighted by atomic mass is 10.1. The van der Waals surface area contributed by atoms with E-state index < -0.39 is 4.92 Å². The normalized spacial score (nSPS) is 11.6. The highest BCUT2D eigenvalue weighted by atomic mass is 16.6. The molecule has 4 aromatic rings. The predicted octanol–water partition coefficient (Wildman–Crippen LogP) is 5.52. The smallest absolute Gasteiger partial charge is 0.276 e. The molecule has 0 spiro atoms. The zero-order chi connectivity index (χ0) is 20.2. The van der Waals surface area contributed by atoms with Crippen molar-refractivity contribution in [2.75, 3.05) is 0 Å². The minimum Gasteiger partial charge on any atom is -0.507 e. The summed E-state index contributed by atoms with van der Waals surface area (Å²) in [6, 6.07) is 18.6. The van der Waals surface area contributed by atoms with Gasteiger partial charge < -0.3 is 9.52 Å². The molecule has 7 nitrogen and oxygen atoms in total. The van der Waals surface area contributed by atoms with Gasteiger partial charge in [-0.25, -0.2) is 4.98 Å². The highest BCUT2D eigenvalue weighted by molar-refractivity contribution is 5.83. The minimum atomic E-state index is -0.427. The van der Waals surface area contributed by atoms with E-state index in [-0.39, 0.29) is 11.4 Å². The van der Waals surface area contributed by atoms with Crippen molar-refractivity contribution in [3.63, 3.8) is 0 Å². The maximum Gasteiger partial charge on any atom is 0.276 e. The van der Waals surface area contributed by atoms with Crippen molar-refractivity contribution < 1.29 is 14.4 Å². The predicted molar refractivity (Wildman–Crippen MR) is 111 cm³/mol. The molecule has 0 atom stereocenters. The van der Waals surface area contributed by atoms with Gasteiger partial charge in [-0.2, -0.15) is 0 Å². The molecule has 0 unspecified atom stereocenters. The number of hydrogen-bond donors (Lipinski definition) is 1. The number of rotatable bonds is 5. The van der Waals surface area contributed by atoms with Crippen molar-refractivity contribution >= 4 is 34.8 Å². The summed E-state index contributed by atoms with van der Waals surface area (Å²) in [4.78, 5) is 19.3. The number of aliphatic imine (C=N–C) groups is 1. The van der Waals surface area contributed by atoms with Gasteiger partial charge in [-0.3, -0.25) is 15.1 Å². The topological polar surface area (TPSA) is 102 Å².